The van der Waals surface area contributed by atoms with Crippen molar-refractivity contribution in [2.45, 2.75) is 6.54 Å². The normalized spacial score (nSPS) is 13.3. The highest BCUT2D eigenvalue weighted by molar-refractivity contribution is 6.02. The third-order valence-corrected chi connectivity index (χ3v) is 3.39. The highest BCUT2D eigenvalue weighted by Crippen LogP contribution is 2.30. The second-order valence-electron chi connectivity index (χ2n) is 4.62. The van der Waals surface area contributed by atoms with Crippen LogP contribution in [0.15, 0.2) is 48.5 Å². The highest BCUT2D eigenvalue weighted by Gasteiger charge is 2.24. The molecule has 0 atom stereocenters. The summed E-state index contributed by atoms with van der Waals surface area (Å²) in [5, 5.41) is 12.2. The quantitative estimate of drug-likeness (QED) is 0.905. The summed E-state index contributed by atoms with van der Waals surface area (Å²) in [5.41, 5.74) is 3.27. The van der Waals surface area contributed by atoms with E-state index in [0.717, 1.165) is 16.9 Å². The fourth-order valence-electron chi connectivity index (χ4n) is 2.37. The number of nitrogens with zero attached hydrogens (tertiary/aromatic N) is 2. The maximum Gasteiger partial charge on any atom is 0.246 e. The molecule has 4 nitrogen and oxygen atoms in total. The molecule has 1 aliphatic heterocycles. The third kappa shape index (κ3) is 2.10. The number of carbonyl (C=O) groups is 1. The van der Waals surface area contributed by atoms with Gasteiger partial charge in [0.25, 0.3) is 0 Å². The minimum absolute atomic E-state index is 0.0106. The third-order valence-electron chi connectivity index (χ3n) is 3.39. The summed E-state index contributed by atoms with van der Waals surface area (Å²) in [6.45, 7) is 0.701. The van der Waals surface area contributed by atoms with Crippen molar-refractivity contribution < 1.29 is 4.79 Å². The molecule has 20 heavy (non-hydrogen) atoms. The van der Waals surface area contributed by atoms with E-state index in [0.29, 0.717) is 12.1 Å². The molecule has 1 amide bonds. The number of carbonyl (C=O) groups excluding carboxylic acids is 1. The summed E-state index contributed by atoms with van der Waals surface area (Å²) in [5.74, 6) is 0.0106. The standard InChI is InChI=1S/C16H13N3O/c17-9-12-5-1-2-6-13(12)11-19-15-8-4-3-7-14(15)18-10-16(19)20/h1-8,18H,10-11H2. The Hall–Kier alpha value is -2.80. The van der Waals surface area contributed by atoms with Gasteiger partial charge in [-0.1, -0.05) is 30.3 Å². The molecule has 1 aliphatic rings. The number of para-hydroxylation sites is 2. The maximum absolute atomic E-state index is 12.1. The summed E-state index contributed by atoms with van der Waals surface area (Å²) in [6.07, 6.45) is 0. The van der Waals surface area contributed by atoms with Crippen molar-refractivity contribution in [2.24, 2.45) is 0 Å². The van der Waals surface area contributed by atoms with Gasteiger partial charge >= 0.3 is 0 Å². The Morgan fingerprint density at radius 2 is 1.90 bits per heavy atom. The van der Waals surface area contributed by atoms with Crippen LogP contribution in [0.5, 0.6) is 0 Å². The van der Waals surface area contributed by atoms with E-state index in [-0.39, 0.29) is 12.5 Å². The number of amides is 1. The van der Waals surface area contributed by atoms with E-state index in [4.69, 9.17) is 5.26 Å². The molecule has 2 aromatic rings. The van der Waals surface area contributed by atoms with Crippen molar-refractivity contribution in [3.05, 3.63) is 59.7 Å². The monoisotopic (exact) mass is 263 g/mol. The smallest absolute Gasteiger partial charge is 0.246 e. The summed E-state index contributed by atoms with van der Waals surface area (Å²) >= 11 is 0. The van der Waals surface area contributed by atoms with Crippen LogP contribution in [-0.4, -0.2) is 12.5 Å². The molecule has 3 rings (SSSR count). The largest absolute Gasteiger partial charge is 0.374 e. The van der Waals surface area contributed by atoms with Crippen LogP contribution in [0.2, 0.25) is 0 Å². The summed E-state index contributed by atoms with van der Waals surface area (Å²) in [7, 11) is 0. The fourth-order valence-corrected chi connectivity index (χ4v) is 2.37. The molecular weight excluding hydrogens is 250 g/mol. The van der Waals surface area contributed by atoms with Crippen molar-refractivity contribution in [3.63, 3.8) is 0 Å². The van der Waals surface area contributed by atoms with Crippen LogP contribution >= 0.6 is 0 Å². The van der Waals surface area contributed by atoms with Crippen molar-refractivity contribution in [3.8, 4) is 6.07 Å². The Kier molecular flexibility index (Phi) is 3.10. The predicted molar refractivity (Wildman–Crippen MR) is 77.3 cm³/mol. The van der Waals surface area contributed by atoms with Crippen LogP contribution in [0.3, 0.4) is 0 Å². The van der Waals surface area contributed by atoms with E-state index in [1.165, 1.54) is 0 Å². The van der Waals surface area contributed by atoms with Gasteiger partial charge in [-0.3, -0.25) is 4.79 Å². The number of nitriles is 1. The molecule has 0 saturated heterocycles. The van der Waals surface area contributed by atoms with Crippen molar-refractivity contribution in [1.29, 1.82) is 5.26 Å². The number of fused-ring (bicyclic) bond motifs is 1. The van der Waals surface area contributed by atoms with Gasteiger partial charge in [-0.2, -0.15) is 5.26 Å². The first-order valence-electron chi connectivity index (χ1n) is 6.41. The van der Waals surface area contributed by atoms with Gasteiger partial charge in [0.1, 0.15) is 0 Å². The molecule has 98 valence electrons. The van der Waals surface area contributed by atoms with E-state index >= 15 is 0 Å². The minimum Gasteiger partial charge on any atom is -0.374 e. The number of hydrogen-bond donors (Lipinski definition) is 1. The lowest BCUT2D eigenvalue weighted by molar-refractivity contribution is -0.117. The van der Waals surface area contributed by atoms with Crippen LogP contribution in [0.1, 0.15) is 11.1 Å². The van der Waals surface area contributed by atoms with Gasteiger partial charge in [-0.25, -0.2) is 0 Å². The molecular formula is C16H13N3O. The van der Waals surface area contributed by atoms with Gasteiger partial charge in [-0.05, 0) is 23.8 Å². The molecule has 0 bridgehead atoms. The van der Waals surface area contributed by atoms with Crippen LogP contribution in [0.25, 0.3) is 0 Å². The molecule has 1 heterocycles. The number of rotatable bonds is 2. The molecule has 0 spiro atoms. The zero-order chi connectivity index (χ0) is 13.9. The lowest BCUT2D eigenvalue weighted by Gasteiger charge is -2.30. The first-order chi connectivity index (χ1) is 9.79. The molecule has 0 saturated carbocycles. The Bertz CT molecular complexity index is 703. The Balaban J connectivity index is 1.98. The van der Waals surface area contributed by atoms with Crippen molar-refractivity contribution in [1.82, 2.24) is 0 Å². The predicted octanol–water partition coefficient (Wildman–Crippen LogP) is 2.52. The Labute approximate surface area is 117 Å². The highest BCUT2D eigenvalue weighted by atomic mass is 16.2. The van der Waals surface area contributed by atoms with Crippen LogP contribution in [0, 0.1) is 11.3 Å². The summed E-state index contributed by atoms with van der Waals surface area (Å²) < 4.78 is 0. The molecule has 0 radical (unpaired) electrons. The molecule has 0 aliphatic carbocycles. The van der Waals surface area contributed by atoms with Crippen molar-refractivity contribution in [2.75, 3.05) is 16.8 Å². The first kappa shape index (κ1) is 12.2. The lowest BCUT2D eigenvalue weighted by Crippen LogP contribution is -2.39. The zero-order valence-corrected chi connectivity index (χ0v) is 10.8. The van der Waals surface area contributed by atoms with E-state index < -0.39 is 0 Å². The number of benzene rings is 2. The number of hydrogen-bond acceptors (Lipinski definition) is 3. The van der Waals surface area contributed by atoms with Gasteiger partial charge in [-0.15, -0.1) is 0 Å². The zero-order valence-electron chi connectivity index (χ0n) is 10.8. The molecule has 4 heteroatoms. The number of nitrogens with one attached hydrogen (secondary N) is 1. The second kappa shape index (κ2) is 5.06. The molecule has 2 aromatic carbocycles. The Morgan fingerprint density at radius 3 is 2.75 bits per heavy atom. The second-order valence-corrected chi connectivity index (χ2v) is 4.62. The molecule has 1 N–H and O–H groups in total. The molecule has 0 unspecified atom stereocenters. The van der Waals surface area contributed by atoms with Crippen LogP contribution in [-0.2, 0) is 11.3 Å². The van der Waals surface area contributed by atoms with Gasteiger partial charge in [0, 0.05) is 0 Å². The minimum atomic E-state index is 0.0106. The topological polar surface area (TPSA) is 56.1 Å². The van der Waals surface area contributed by atoms with Crippen molar-refractivity contribution >= 4 is 17.3 Å². The SMILES string of the molecule is N#Cc1ccccc1CN1C(=O)CNc2ccccc21. The summed E-state index contributed by atoms with van der Waals surface area (Å²) in [6, 6.07) is 17.2. The fraction of sp³-hybridized carbons (Fsp3) is 0.125. The van der Waals surface area contributed by atoms with E-state index in [1.54, 1.807) is 11.0 Å². The lowest BCUT2D eigenvalue weighted by atomic mass is 10.1. The van der Waals surface area contributed by atoms with E-state index in [1.807, 2.05) is 42.5 Å². The molecule has 0 aromatic heterocycles. The first-order valence-corrected chi connectivity index (χ1v) is 6.41. The average molecular weight is 263 g/mol. The van der Waals surface area contributed by atoms with Crippen LogP contribution in [0.4, 0.5) is 11.4 Å². The van der Waals surface area contributed by atoms with Gasteiger partial charge in [0.15, 0.2) is 0 Å². The van der Waals surface area contributed by atoms with Gasteiger partial charge in [0.05, 0.1) is 36.1 Å². The maximum atomic E-state index is 12.1. The molecule has 0 fully saturated rings. The van der Waals surface area contributed by atoms with Gasteiger partial charge < -0.3 is 10.2 Å². The number of anilines is 2. The van der Waals surface area contributed by atoms with Gasteiger partial charge in [0.2, 0.25) is 5.91 Å². The average Bonchev–Trinajstić information content (AvgIpc) is 2.50. The van der Waals surface area contributed by atoms with E-state index in [2.05, 4.69) is 11.4 Å². The Morgan fingerprint density at radius 1 is 1.15 bits per heavy atom. The summed E-state index contributed by atoms with van der Waals surface area (Å²) in [4.78, 5) is 13.9. The van der Waals surface area contributed by atoms with E-state index in [9.17, 15) is 4.79 Å². The van der Waals surface area contributed by atoms with Crippen LogP contribution < -0.4 is 10.2 Å².